The number of benzene rings is 1. The molecule has 1 fully saturated rings. The molecule has 3 rings (SSSR count). The minimum atomic E-state index is -3.41. The normalized spacial score (nSPS) is 22.2. The molecule has 0 saturated carbocycles. The Morgan fingerprint density at radius 3 is 3.11 bits per heavy atom. The van der Waals surface area contributed by atoms with E-state index in [0.29, 0.717) is 24.0 Å². The largest absolute Gasteiger partial charge is 0.384 e. The highest BCUT2D eigenvalue weighted by atomic mass is 32.2. The molecule has 6 heteroatoms. The van der Waals surface area contributed by atoms with Gasteiger partial charge in [0.1, 0.15) is 0 Å². The number of hydrogen-bond donors (Lipinski definition) is 2. The summed E-state index contributed by atoms with van der Waals surface area (Å²) >= 11 is 0. The number of rotatable bonds is 4. The average molecular weight is 282 g/mol. The Kier molecular flexibility index (Phi) is 3.47. The molecule has 0 radical (unpaired) electrons. The van der Waals surface area contributed by atoms with Crippen molar-refractivity contribution < 1.29 is 13.2 Å². The summed E-state index contributed by atoms with van der Waals surface area (Å²) in [5, 5.41) is 3.20. The van der Waals surface area contributed by atoms with E-state index in [0.717, 1.165) is 31.7 Å². The molecule has 0 aliphatic carbocycles. The lowest BCUT2D eigenvalue weighted by Crippen LogP contribution is -2.29. The molecular formula is C13H18N2O3S. The van der Waals surface area contributed by atoms with Crippen molar-refractivity contribution in [1.82, 2.24) is 4.72 Å². The van der Waals surface area contributed by atoms with E-state index in [1.54, 1.807) is 12.1 Å². The number of ether oxygens (including phenoxy) is 1. The zero-order valence-electron chi connectivity index (χ0n) is 10.7. The van der Waals surface area contributed by atoms with Crippen LogP contribution in [0, 0.1) is 5.92 Å². The highest BCUT2D eigenvalue weighted by Gasteiger charge is 2.21. The van der Waals surface area contributed by atoms with Gasteiger partial charge in [0.25, 0.3) is 0 Å². The van der Waals surface area contributed by atoms with Crippen molar-refractivity contribution in [3.05, 3.63) is 23.8 Å². The lowest BCUT2D eigenvalue weighted by molar-refractivity contribution is 0.186. The summed E-state index contributed by atoms with van der Waals surface area (Å²) in [5.41, 5.74) is 2.12. The van der Waals surface area contributed by atoms with Crippen molar-refractivity contribution in [2.75, 3.05) is 31.6 Å². The van der Waals surface area contributed by atoms with Gasteiger partial charge < -0.3 is 10.1 Å². The van der Waals surface area contributed by atoms with Gasteiger partial charge in [0.15, 0.2) is 0 Å². The van der Waals surface area contributed by atoms with Crippen molar-refractivity contribution in [3.8, 4) is 0 Å². The van der Waals surface area contributed by atoms with Crippen LogP contribution in [0.3, 0.4) is 0 Å². The summed E-state index contributed by atoms with van der Waals surface area (Å²) in [6.45, 7) is 2.71. The van der Waals surface area contributed by atoms with Crippen LogP contribution in [-0.4, -0.2) is 34.7 Å². The van der Waals surface area contributed by atoms with Crippen LogP contribution in [0.1, 0.15) is 12.0 Å². The van der Waals surface area contributed by atoms with E-state index in [1.165, 1.54) is 5.56 Å². The molecule has 0 aromatic heterocycles. The Bertz CT molecular complexity index is 565. The lowest BCUT2D eigenvalue weighted by atomic mass is 10.1. The molecule has 2 heterocycles. The van der Waals surface area contributed by atoms with Crippen LogP contribution in [-0.2, 0) is 21.2 Å². The van der Waals surface area contributed by atoms with Crippen LogP contribution in [0.4, 0.5) is 5.69 Å². The van der Waals surface area contributed by atoms with Gasteiger partial charge in [-0.15, -0.1) is 0 Å². The smallest absolute Gasteiger partial charge is 0.240 e. The Morgan fingerprint density at radius 2 is 2.32 bits per heavy atom. The number of anilines is 1. The first-order valence-electron chi connectivity index (χ1n) is 6.59. The molecule has 1 unspecified atom stereocenters. The fraction of sp³-hybridized carbons (Fsp3) is 0.538. The Balaban J connectivity index is 1.72. The SMILES string of the molecule is O=S(=O)(NCC1CCOC1)c1ccc2c(c1)NCC2. The fourth-order valence-corrected chi connectivity index (χ4v) is 3.63. The first kappa shape index (κ1) is 12.9. The minimum absolute atomic E-state index is 0.294. The summed E-state index contributed by atoms with van der Waals surface area (Å²) in [6.07, 6.45) is 1.89. The maximum Gasteiger partial charge on any atom is 0.240 e. The molecule has 2 aliphatic heterocycles. The van der Waals surface area contributed by atoms with Crippen LogP contribution < -0.4 is 10.0 Å². The molecule has 1 aromatic rings. The molecule has 104 valence electrons. The molecule has 0 amide bonds. The fourth-order valence-electron chi connectivity index (χ4n) is 2.49. The first-order chi connectivity index (χ1) is 9.15. The Hall–Kier alpha value is -1.11. The van der Waals surface area contributed by atoms with Gasteiger partial charge >= 0.3 is 0 Å². The van der Waals surface area contributed by atoms with E-state index in [4.69, 9.17) is 4.74 Å². The molecule has 5 nitrogen and oxygen atoms in total. The molecule has 1 aromatic carbocycles. The van der Waals surface area contributed by atoms with Gasteiger partial charge in [0.05, 0.1) is 11.5 Å². The average Bonchev–Trinajstić information content (AvgIpc) is 3.06. The van der Waals surface area contributed by atoms with Crippen molar-refractivity contribution in [2.24, 2.45) is 5.92 Å². The van der Waals surface area contributed by atoms with E-state index in [2.05, 4.69) is 10.0 Å². The monoisotopic (exact) mass is 282 g/mol. The molecule has 2 N–H and O–H groups in total. The highest BCUT2D eigenvalue weighted by Crippen LogP contribution is 2.25. The molecular weight excluding hydrogens is 264 g/mol. The second kappa shape index (κ2) is 5.11. The number of fused-ring (bicyclic) bond motifs is 1. The third-order valence-corrected chi connectivity index (χ3v) is 5.11. The second-order valence-corrected chi connectivity index (χ2v) is 6.84. The maximum absolute atomic E-state index is 12.2. The molecule has 2 aliphatic rings. The van der Waals surface area contributed by atoms with Gasteiger partial charge in [-0.05, 0) is 36.5 Å². The number of sulfonamides is 1. The number of nitrogens with one attached hydrogen (secondary N) is 2. The van der Waals surface area contributed by atoms with E-state index in [9.17, 15) is 8.42 Å². The molecule has 19 heavy (non-hydrogen) atoms. The summed E-state index contributed by atoms with van der Waals surface area (Å²) in [4.78, 5) is 0.333. The number of hydrogen-bond acceptors (Lipinski definition) is 4. The predicted molar refractivity (Wildman–Crippen MR) is 72.8 cm³/mol. The minimum Gasteiger partial charge on any atom is -0.384 e. The maximum atomic E-state index is 12.2. The predicted octanol–water partition coefficient (Wildman–Crippen LogP) is 0.969. The summed E-state index contributed by atoms with van der Waals surface area (Å²) in [6, 6.07) is 5.29. The quantitative estimate of drug-likeness (QED) is 0.863. The first-order valence-corrected chi connectivity index (χ1v) is 8.08. The molecule has 0 spiro atoms. The van der Waals surface area contributed by atoms with E-state index < -0.39 is 10.0 Å². The summed E-state index contributed by atoms with van der Waals surface area (Å²) in [5.74, 6) is 0.294. The van der Waals surface area contributed by atoms with E-state index in [-0.39, 0.29) is 0 Å². The van der Waals surface area contributed by atoms with Crippen LogP contribution in [0.25, 0.3) is 0 Å². The third kappa shape index (κ3) is 2.75. The summed E-state index contributed by atoms with van der Waals surface area (Å²) in [7, 11) is -3.41. The van der Waals surface area contributed by atoms with Gasteiger partial charge in [-0.25, -0.2) is 13.1 Å². The van der Waals surface area contributed by atoms with Crippen LogP contribution in [0.5, 0.6) is 0 Å². The van der Waals surface area contributed by atoms with Gasteiger partial charge in [-0.2, -0.15) is 0 Å². The van der Waals surface area contributed by atoms with Crippen LogP contribution in [0.2, 0.25) is 0 Å². The van der Waals surface area contributed by atoms with Gasteiger partial charge in [0.2, 0.25) is 10.0 Å². The van der Waals surface area contributed by atoms with Gasteiger partial charge in [0, 0.05) is 25.4 Å². The Labute approximate surface area is 113 Å². The zero-order valence-corrected chi connectivity index (χ0v) is 11.5. The third-order valence-electron chi connectivity index (χ3n) is 3.69. The van der Waals surface area contributed by atoms with E-state index >= 15 is 0 Å². The van der Waals surface area contributed by atoms with Gasteiger partial charge in [-0.3, -0.25) is 0 Å². The van der Waals surface area contributed by atoms with Crippen molar-refractivity contribution >= 4 is 15.7 Å². The Morgan fingerprint density at radius 1 is 1.42 bits per heavy atom. The second-order valence-electron chi connectivity index (χ2n) is 5.08. The molecule has 1 saturated heterocycles. The van der Waals surface area contributed by atoms with Gasteiger partial charge in [-0.1, -0.05) is 6.07 Å². The van der Waals surface area contributed by atoms with Crippen molar-refractivity contribution in [2.45, 2.75) is 17.7 Å². The highest BCUT2D eigenvalue weighted by molar-refractivity contribution is 7.89. The van der Waals surface area contributed by atoms with Crippen molar-refractivity contribution in [1.29, 1.82) is 0 Å². The topological polar surface area (TPSA) is 67.4 Å². The lowest BCUT2D eigenvalue weighted by Gasteiger charge is -2.11. The van der Waals surface area contributed by atoms with Crippen LogP contribution >= 0.6 is 0 Å². The van der Waals surface area contributed by atoms with Crippen LogP contribution in [0.15, 0.2) is 23.1 Å². The van der Waals surface area contributed by atoms with E-state index in [1.807, 2.05) is 6.07 Å². The zero-order chi connectivity index (χ0) is 13.3. The standard InChI is InChI=1S/C13H18N2O3S/c16-19(17,15-8-10-4-6-18-9-10)12-2-1-11-3-5-14-13(11)7-12/h1-2,7,10,14-15H,3-6,8-9H2. The van der Waals surface area contributed by atoms with Crippen molar-refractivity contribution in [3.63, 3.8) is 0 Å². The molecule has 0 bridgehead atoms. The summed E-state index contributed by atoms with van der Waals surface area (Å²) < 4.78 is 32.3. The molecule has 1 atom stereocenters.